The normalized spacial score (nSPS) is 13.4. The Kier molecular flexibility index (Phi) is 4.91. The molecule has 0 saturated heterocycles. The van der Waals surface area contributed by atoms with Crippen LogP contribution in [0, 0.1) is 5.41 Å². The maximum Gasteiger partial charge on any atom is 0.107 e. The first kappa shape index (κ1) is 15.2. The summed E-state index contributed by atoms with van der Waals surface area (Å²) in [6.45, 7) is 7.40. The number of aliphatic hydroxyl groups excluding tert-OH is 1. The lowest BCUT2D eigenvalue weighted by Gasteiger charge is -2.25. The Balaban J connectivity index is 1.88. The molecule has 2 aromatic rings. The summed E-state index contributed by atoms with van der Waals surface area (Å²) in [5.74, 6) is 0. The number of nitrogens with one attached hydrogen (secondary N) is 1. The number of aliphatic hydroxyl groups is 1. The molecule has 108 valence electrons. The van der Waals surface area contributed by atoms with Crippen molar-refractivity contribution in [3.05, 3.63) is 40.7 Å². The number of rotatable bonds is 5. The molecule has 1 aromatic carbocycles. The zero-order valence-corrected chi connectivity index (χ0v) is 13.1. The fourth-order valence-corrected chi connectivity index (χ4v) is 2.53. The van der Waals surface area contributed by atoms with Gasteiger partial charge in [0.05, 0.1) is 11.8 Å². The molecule has 20 heavy (non-hydrogen) atoms. The minimum Gasteiger partial charge on any atom is -0.391 e. The first-order valence-electron chi connectivity index (χ1n) is 6.85. The summed E-state index contributed by atoms with van der Waals surface area (Å²) < 4.78 is 0. The van der Waals surface area contributed by atoms with Crippen LogP contribution in [0.2, 0.25) is 0 Å². The van der Waals surface area contributed by atoms with Gasteiger partial charge in [-0.15, -0.1) is 11.3 Å². The smallest absolute Gasteiger partial charge is 0.107 e. The van der Waals surface area contributed by atoms with Gasteiger partial charge in [0, 0.05) is 24.0 Å². The SMILES string of the molecule is CC(C)(C)C(O)CNCc1nc(-c2ccccc2)cs1. The second-order valence-electron chi connectivity index (χ2n) is 6.01. The van der Waals surface area contributed by atoms with Gasteiger partial charge in [0.2, 0.25) is 0 Å². The van der Waals surface area contributed by atoms with E-state index in [0.717, 1.165) is 16.3 Å². The quantitative estimate of drug-likeness (QED) is 0.888. The molecule has 1 unspecified atom stereocenters. The molecule has 2 rings (SSSR count). The molecular weight excluding hydrogens is 268 g/mol. The third-order valence-electron chi connectivity index (χ3n) is 3.23. The van der Waals surface area contributed by atoms with Crippen LogP contribution in [0.5, 0.6) is 0 Å². The van der Waals surface area contributed by atoms with Crippen LogP contribution in [0.3, 0.4) is 0 Å². The van der Waals surface area contributed by atoms with Crippen molar-refractivity contribution in [3.63, 3.8) is 0 Å². The van der Waals surface area contributed by atoms with Crippen LogP contribution in [0.15, 0.2) is 35.7 Å². The Bertz CT molecular complexity index is 531. The number of hydrogen-bond acceptors (Lipinski definition) is 4. The second kappa shape index (κ2) is 6.48. The summed E-state index contributed by atoms with van der Waals surface area (Å²) >= 11 is 1.65. The van der Waals surface area contributed by atoms with Gasteiger partial charge in [0.15, 0.2) is 0 Å². The van der Waals surface area contributed by atoms with E-state index in [2.05, 4.69) is 27.8 Å². The first-order chi connectivity index (χ1) is 9.47. The van der Waals surface area contributed by atoms with Crippen LogP contribution >= 0.6 is 11.3 Å². The van der Waals surface area contributed by atoms with Crippen molar-refractivity contribution in [2.24, 2.45) is 5.41 Å². The summed E-state index contributed by atoms with van der Waals surface area (Å²) in [7, 11) is 0. The highest BCUT2D eigenvalue weighted by atomic mass is 32.1. The average Bonchev–Trinajstić information content (AvgIpc) is 2.87. The summed E-state index contributed by atoms with van der Waals surface area (Å²) in [4.78, 5) is 4.61. The molecule has 0 aliphatic rings. The number of benzene rings is 1. The number of aromatic nitrogens is 1. The van der Waals surface area contributed by atoms with Crippen molar-refractivity contribution in [1.82, 2.24) is 10.3 Å². The maximum absolute atomic E-state index is 9.97. The highest BCUT2D eigenvalue weighted by Gasteiger charge is 2.21. The molecule has 0 aliphatic carbocycles. The molecule has 1 heterocycles. The van der Waals surface area contributed by atoms with E-state index in [1.54, 1.807) is 11.3 Å². The fraction of sp³-hybridized carbons (Fsp3) is 0.438. The van der Waals surface area contributed by atoms with Gasteiger partial charge in [-0.05, 0) is 5.41 Å². The topological polar surface area (TPSA) is 45.1 Å². The van der Waals surface area contributed by atoms with Crippen LogP contribution in [0.25, 0.3) is 11.3 Å². The Labute approximate surface area is 124 Å². The van der Waals surface area contributed by atoms with Gasteiger partial charge in [-0.1, -0.05) is 51.1 Å². The van der Waals surface area contributed by atoms with Gasteiger partial charge in [0.25, 0.3) is 0 Å². The molecular formula is C16H22N2OS. The van der Waals surface area contributed by atoms with Gasteiger partial charge < -0.3 is 10.4 Å². The first-order valence-corrected chi connectivity index (χ1v) is 7.73. The Morgan fingerprint density at radius 3 is 2.60 bits per heavy atom. The minimum absolute atomic E-state index is 0.0922. The van der Waals surface area contributed by atoms with Crippen LogP contribution in [-0.2, 0) is 6.54 Å². The van der Waals surface area contributed by atoms with Gasteiger partial charge in [-0.2, -0.15) is 0 Å². The molecule has 4 heteroatoms. The van der Waals surface area contributed by atoms with Crippen LogP contribution < -0.4 is 5.32 Å². The fourth-order valence-electron chi connectivity index (χ4n) is 1.76. The molecule has 0 saturated carbocycles. The van der Waals surface area contributed by atoms with E-state index in [9.17, 15) is 5.11 Å². The second-order valence-corrected chi connectivity index (χ2v) is 6.95. The van der Waals surface area contributed by atoms with E-state index in [-0.39, 0.29) is 11.5 Å². The molecule has 2 N–H and O–H groups in total. The minimum atomic E-state index is -0.351. The number of nitrogens with zero attached hydrogens (tertiary/aromatic N) is 1. The third kappa shape index (κ3) is 4.13. The lowest BCUT2D eigenvalue weighted by Crippen LogP contribution is -2.36. The van der Waals surface area contributed by atoms with Gasteiger partial charge in [-0.3, -0.25) is 0 Å². The van der Waals surface area contributed by atoms with Crippen molar-refractivity contribution in [2.75, 3.05) is 6.54 Å². The largest absolute Gasteiger partial charge is 0.391 e. The van der Waals surface area contributed by atoms with E-state index in [1.165, 1.54) is 0 Å². The van der Waals surface area contributed by atoms with Crippen LogP contribution in [0.4, 0.5) is 0 Å². The highest BCUT2D eigenvalue weighted by Crippen LogP contribution is 2.22. The van der Waals surface area contributed by atoms with E-state index < -0.39 is 0 Å². The molecule has 0 fully saturated rings. The van der Waals surface area contributed by atoms with E-state index in [1.807, 2.05) is 39.0 Å². The number of hydrogen-bond donors (Lipinski definition) is 2. The van der Waals surface area contributed by atoms with E-state index in [0.29, 0.717) is 13.1 Å². The predicted octanol–water partition coefficient (Wildman–Crippen LogP) is 3.31. The molecule has 0 amide bonds. The van der Waals surface area contributed by atoms with Crippen molar-refractivity contribution < 1.29 is 5.11 Å². The molecule has 0 aliphatic heterocycles. The zero-order valence-electron chi connectivity index (χ0n) is 12.3. The molecule has 3 nitrogen and oxygen atoms in total. The summed E-state index contributed by atoms with van der Waals surface area (Å²) in [5.41, 5.74) is 2.07. The molecule has 1 atom stereocenters. The Hall–Kier alpha value is -1.23. The van der Waals surface area contributed by atoms with Crippen molar-refractivity contribution >= 4 is 11.3 Å². The molecule has 0 bridgehead atoms. The van der Waals surface area contributed by atoms with Gasteiger partial charge >= 0.3 is 0 Å². The molecule has 0 radical (unpaired) electrons. The van der Waals surface area contributed by atoms with E-state index in [4.69, 9.17) is 0 Å². The highest BCUT2D eigenvalue weighted by molar-refractivity contribution is 7.09. The van der Waals surface area contributed by atoms with Crippen molar-refractivity contribution in [1.29, 1.82) is 0 Å². The summed E-state index contributed by atoms with van der Waals surface area (Å²) in [6, 6.07) is 10.2. The maximum atomic E-state index is 9.97. The lowest BCUT2D eigenvalue weighted by molar-refractivity contribution is 0.0627. The molecule has 1 aromatic heterocycles. The van der Waals surface area contributed by atoms with Gasteiger partial charge in [0.1, 0.15) is 5.01 Å². The zero-order chi connectivity index (χ0) is 14.6. The Morgan fingerprint density at radius 2 is 1.95 bits per heavy atom. The summed E-state index contributed by atoms with van der Waals surface area (Å²) in [6.07, 6.45) is -0.351. The molecule has 0 spiro atoms. The van der Waals surface area contributed by atoms with Crippen molar-refractivity contribution in [3.8, 4) is 11.3 Å². The standard InChI is InChI=1S/C16H22N2OS/c1-16(2,3)14(19)9-17-10-15-18-13(11-20-15)12-7-5-4-6-8-12/h4-8,11,14,17,19H,9-10H2,1-3H3. The number of thiazole rings is 1. The predicted molar refractivity (Wildman–Crippen MR) is 84.7 cm³/mol. The average molecular weight is 290 g/mol. The van der Waals surface area contributed by atoms with E-state index >= 15 is 0 Å². The van der Waals surface area contributed by atoms with Crippen LogP contribution in [-0.4, -0.2) is 22.7 Å². The van der Waals surface area contributed by atoms with Crippen LogP contribution in [0.1, 0.15) is 25.8 Å². The Morgan fingerprint density at radius 1 is 1.25 bits per heavy atom. The lowest BCUT2D eigenvalue weighted by atomic mass is 9.89. The third-order valence-corrected chi connectivity index (χ3v) is 4.08. The monoisotopic (exact) mass is 290 g/mol. The van der Waals surface area contributed by atoms with Gasteiger partial charge in [-0.25, -0.2) is 4.98 Å². The summed E-state index contributed by atoms with van der Waals surface area (Å²) in [5, 5.41) is 16.4. The van der Waals surface area contributed by atoms with Crippen molar-refractivity contribution in [2.45, 2.75) is 33.4 Å².